The summed E-state index contributed by atoms with van der Waals surface area (Å²) in [5, 5.41) is 9.70. The van der Waals surface area contributed by atoms with Crippen LogP contribution in [-0.4, -0.2) is 16.5 Å². The minimum atomic E-state index is -0.361. The Morgan fingerprint density at radius 3 is 2.80 bits per heavy atom. The lowest BCUT2D eigenvalue weighted by atomic mass is 9.89. The number of aromatic nitrogens is 2. The summed E-state index contributed by atoms with van der Waals surface area (Å²) >= 11 is 0. The second-order valence-electron chi connectivity index (χ2n) is 9.20. The summed E-state index contributed by atoms with van der Waals surface area (Å²) in [6, 6.07) is 17.0. The van der Waals surface area contributed by atoms with Gasteiger partial charge in [-0.3, -0.25) is 0 Å². The Kier molecular flexibility index (Phi) is 5.07. The lowest BCUT2D eigenvalue weighted by Crippen LogP contribution is -2.02. The van der Waals surface area contributed by atoms with Crippen LogP contribution in [0.15, 0.2) is 60.3 Å². The molecule has 6 rings (SSSR count). The molecular weight excluding hydrogens is 441 g/mol. The highest BCUT2D eigenvalue weighted by Gasteiger charge is 2.31. The van der Waals surface area contributed by atoms with Gasteiger partial charge in [-0.25, -0.2) is 9.37 Å². The Bertz CT molecular complexity index is 1560. The third-order valence-electron chi connectivity index (χ3n) is 6.88. The van der Waals surface area contributed by atoms with Gasteiger partial charge in [0.1, 0.15) is 18.2 Å². The van der Waals surface area contributed by atoms with Crippen LogP contribution in [-0.2, 0) is 13.0 Å². The van der Waals surface area contributed by atoms with Crippen LogP contribution in [0.25, 0.3) is 11.2 Å². The summed E-state index contributed by atoms with van der Waals surface area (Å²) in [5.41, 5.74) is 8.31. The van der Waals surface area contributed by atoms with Crippen molar-refractivity contribution in [3.63, 3.8) is 0 Å². The Hall–Kier alpha value is -4.11. The third-order valence-corrected chi connectivity index (χ3v) is 6.88. The van der Waals surface area contributed by atoms with Gasteiger partial charge in [-0.05, 0) is 60.7 Å². The number of hydrogen-bond acceptors (Lipinski definition) is 4. The van der Waals surface area contributed by atoms with Crippen molar-refractivity contribution in [2.45, 2.75) is 38.7 Å². The zero-order valence-corrected chi connectivity index (χ0v) is 19.6. The summed E-state index contributed by atoms with van der Waals surface area (Å²) in [6.07, 6.45) is 5.08. The molecule has 0 spiro atoms. The van der Waals surface area contributed by atoms with E-state index in [9.17, 15) is 9.65 Å². The highest BCUT2D eigenvalue weighted by molar-refractivity contribution is 5.88. The van der Waals surface area contributed by atoms with Crippen molar-refractivity contribution < 1.29 is 13.9 Å². The molecule has 0 bridgehead atoms. The largest absolute Gasteiger partial charge is 0.493 e. The molecule has 0 amide bonds. The molecule has 1 fully saturated rings. The number of allylic oxidation sites excluding steroid dienone is 1. The molecular formula is C29H24FN3O2. The van der Waals surface area contributed by atoms with E-state index in [1.54, 1.807) is 20.1 Å². The summed E-state index contributed by atoms with van der Waals surface area (Å²) < 4.78 is 27.7. The smallest absolute Gasteiger partial charge is 0.180 e. The van der Waals surface area contributed by atoms with Gasteiger partial charge in [0.2, 0.25) is 0 Å². The van der Waals surface area contributed by atoms with Gasteiger partial charge in [0.15, 0.2) is 11.4 Å². The van der Waals surface area contributed by atoms with Gasteiger partial charge in [-0.2, -0.15) is 5.26 Å². The van der Waals surface area contributed by atoms with Crippen LogP contribution >= 0.6 is 0 Å². The summed E-state index contributed by atoms with van der Waals surface area (Å²) in [6.45, 7) is 2.09. The van der Waals surface area contributed by atoms with E-state index in [0.29, 0.717) is 30.3 Å². The molecule has 0 N–H and O–H groups in total. The molecule has 4 aromatic rings. The fourth-order valence-electron chi connectivity index (χ4n) is 5.02. The topological polar surface area (TPSA) is 59.5 Å². The number of imidazole rings is 1. The fraction of sp³-hybridized carbons (Fsp3) is 0.241. The van der Waals surface area contributed by atoms with Gasteiger partial charge in [0.05, 0.1) is 24.6 Å². The molecule has 1 aliphatic heterocycles. The predicted molar refractivity (Wildman–Crippen MR) is 131 cm³/mol. The van der Waals surface area contributed by atoms with Crippen LogP contribution in [0.2, 0.25) is 0 Å². The van der Waals surface area contributed by atoms with Gasteiger partial charge in [0, 0.05) is 41.3 Å². The SMILES string of the molecule is COc1cccn2c(Cc3ccc4c(c3)COc3cc(F)ccc3/C4=C(\C)C#N)c(C3CC3)nc12. The summed E-state index contributed by atoms with van der Waals surface area (Å²) in [4.78, 5) is 4.96. The second kappa shape index (κ2) is 8.28. The average Bonchev–Trinajstić information content (AvgIpc) is 3.67. The van der Waals surface area contributed by atoms with Crippen molar-refractivity contribution in [2.24, 2.45) is 0 Å². The Labute approximate surface area is 203 Å². The first-order valence-corrected chi connectivity index (χ1v) is 11.8. The van der Waals surface area contributed by atoms with E-state index in [0.717, 1.165) is 57.8 Å². The Morgan fingerprint density at radius 2 is 2.03 bits per heavy atom. The number of nitrogens with zero attached hydrogens (tertiary/aromatic N) is 3. The summed E-state index contributed by atoms with van der Waals surface area (Å²) in [7, 11) is 1.67. The van der Waals surface area contributed by atoms with E-state index in [4.69, 9.17) is 14.5 Å². The van der Waals surface area contributed by atoms with Gasteiger partial charge < -0.3 is 13.9 Å². The highest BCUT2D eigenvalue weighted by atomic mass is 19.1. The van der Waals surface area contributed by atoms with Crippen LogP contribution in [0.5, 0.6) is 11.5 Å². The zero-order valence-electron chi connectivity index (χ0n) is 19.6. The fourth-order valence-corrected chi connectivity index (χ4v) is 5.02. The number of ether oxygens (including phenoxy) is 2. The number of methoxy groups -OCH3 is 1. The highest BCUT2D eigenvalue weighted by Crippen LogP contribution is 2.43. The molecule has 0 saturated heterocycles. The first-order valence-electron chi connectivity index (χ1n) is 11.8. The third kappa shape index (κ3) is 3.64. The number of pyridine rings is 1. The zero-order chi connectivity index (χ0) is 24.1. The number of rotatable bonds is 4. The number of fused-ring (bicyclic) bond motifs is 3. The van der Waals surface area contributed by atoms with Gasteiger partial charge in [-0.15, -0.1) is 0 Å². The van der Waals surface area contributed by atoms with Crippen molar-refractivity contribution >= 4 is 11.2 Å². The monoisotopic (exact) mass is 465 g/mol. The first kappa shape index (κ1) is 21.4. The van der Waals surface area contributed by atoms with E-state index >= 15 is 0 Å². The molecule has 5 nitrogen and oxygen atoms in total. The molecule has 6 heteroatoms. The Balaban J connectivity index is 1.45. The normalized spacial score (nSPS) is 16.1. The van der Waals surface area contributed by atoms with E-state index in [1.807, 2.05) is 18.3 Å². The second-order valence-corrected chi connectivity index (χ2v) is 9.20. The van der Waals surface area contributed by atoms with Crippen LogP contribution in [0.1, 0.15) is 59.3 Å². The molecule has 0 atom stereocenters. The lowest BCUT2D eigenvalue weighted by Gasteiger charge is -2.13. The maximum absolute atomic E-state index is 14.0. The van der Waals surface area contributed by atoms with Crippen LogP contribution in [0.4, 0.5) is 4.39 Å². The van der Waals surface area contributed by atoms with Crippen molar-refractivity contribution in [1.82, 2.24) is 9.38 Å². The van der Waals surface area contributed by atoms with Crippen molar-refractivity contribution in [1.29, 1.82) is 5.26 Å². The van der Waals surface area contributed by atoms with Gasteiger partial charge in [-0.1, -0.05) is 18.2 Å². The molecule has 0 radical (unpaired) electrons. The number of hydrogen-bond donors (Lipinski definition) is 0. The molecule has 3 heterocycles. The molecule has 0 unspecified atom stereocenters. The molecule has 1 saturated carbocycles. The maximum atomic E-state index is 14.0. The molecule has 2 aliphatic rings. The average molecular weight is 466 g/mol. The molecule has 174 valence electrons. The standard InChI is InChI=1S/C29H24FN3O2/c1-17(15-31)27-22-9-5-18(12-20(22)16-35-26-14-21(30)8-10-23(26)27)13-24-28(19-6-7-19)32-29-25(34-2)4-3-11-33(24)29/h3-5,8-12,14,19H,6-7,13,16H2,1-2H3/b27-17+. The molecule has 35 heavy (non-hydrogen) atoms. The van der Waals surface area contributed by atoms with Crippen LogP contribution in [0, 0.1) is 17.1 Å². The van der Waals surface area contributed by atoms with Crippen LogP contribution in [0.3, 0.4) is 0 Å². The van der Waals surface area contributed by atoms with E-state index in [1.165, 1.54) is 17.8 Å². The predicted octanol–water partition coefficient (Wildman–Crippen LogP) is 6.19. The van der Waals surface area contributed by atoms with Crippen molar-refractivity contribution in [3.8, 4) is 17.6 Å². The summed E-state index contributed by atoms with van der Waals surface area (Å²) in [5.74, 6) is 1.36. The molecule has 2 aromatic heterocycles. The minimum Gasteiger partial charge on any atom is -0.493 e. The minimum absolute atomic E-state index is 0.304. The molecule has 1 aliphatic carbocycles. The van der Waals surface area contributed by atoms with E-state index in [-0.39, 0.29) is 5.82 Å². The van der Waals surface area contributed by atoms with E-state index in [2.05, 4.69) is 28.7 Å². The maximum Gasteiger partial charge on any atom is 0.180 e. The number of benzene rings is 2. The van der Waals surface area contributed by atoms with Crippen LogP contribution < -0.4 is 9.47 Å². The Morgan fingerprint density at radius 1 is 1.20 bits per heavy atom. The quantitative estimate of drug-likeness (QED) is 0.337. The van der Waals surface area contributed by atoms with E-state index < -0.39 is 0 Å². The van der Waals surface area contributed by atoms with Gasteiger partial charge in [0.25, 0.3) is 0 Å². The lowest BCUT2D eigenvalue weighted by molar-refractivity contribution is 0.305. The molecule has 2 aromatic carbocycles. The number of nitriles is 1. The first-order chi connectivity index (χ1) is 17.1. The van der Waals surface area contributed by atoms with Crippen molar-refractivity contribution in [2.75, 3.05) is 7.11 Å². The van der Waals surface area contributed by atoms with Crippen molar-refractivity contribution in [3.05, 3.63) is 99.8 Å². The number of halogens is 1. The van der Waals surface area contributed by atoms with Gasteiger partial charge >= 0.3 is 0 Å².